The molecule has 3 aromatic rings. The lowest BCUT2D eigenvalue weighted by Gasteiger charge is -2.09. The average Bonchev–Trinajstić information content (AvgIpc) is 3.31. The first-order valence-electron chi connectivity index (χ1n) is 8.96. The highest BCUT2D eigenvalue weighted by atomic mass is 32.1. The zero-order valence-electron chi connectivity index (χ0n) is 15.7. The topological polar surface area (TPSA) is 68.0 Å². The second-order valence-electron chi connectivity index (χ2n) is 6.65. The van der Waals surface area contributed by atoms with Gasteiger partial charge < -0.3 is 5.11 Å². The molecule has 0 radical (unpaired) electrons. The Morgan fingerprint density at radius 2 is 1.77 bits per heavy atom. The average molecular weight is 463 g/mol. The monoisotopic (exact) mass is 463 g/mol. The first-order valence-corrected chi connectivity index (χ1v) is 9.84. The van der Waals surface area contributed by atoms with Gasteiger partial charge in [0.15, 0.2) is 5.69 Å². The molecule has 0 saturated heterocycles. The maximum Gasteiger partial charge on any atom is 0.434 e. The minimum absolute atomic E-state index is 0.118. The van der Waals surface area contributed by atoms with Gasteiger partial charge in [-0.25, -0.2) is 14.5 Å². The molecule has 31 heavy (non-hydrogen) atoms. The molecule has 0 bridgehead atoms. The van der Waals surface area contributed by atoms with Gasteiger partial charge in [-0.15, -0.1) is 11.3 Å². The van der Waals surface area contributed by atoms with Crippen molar-refractivity contribution in [2.75, 3.05) is 0 Å². The number of hydrogen-bond acceptors (Lipinski definition) is 4. The fourth-order valence-electron chi connectivity index (χ4n) is 2.97. The molecule has 12 heteroatoms. The maximum absolute atomic E-state index is 13.3. The van der Waals surface area contributed by atoms with Crippen LogP contribution in [0, 0.1) is 0 Å². The second-order valence-corrected chi connectivity index (χ2v) is 7.48. The first-order chi connectivity index (χ1) is 14.5. The molecule has 2 heterocycles. The fourth-order valence-corrected chi connectivity index (χ4v) is 3.79. The molecule has 5 nitrogen and oxygen atoms in total. The van der Waals surface area contributed by atoms with Gasteiger partial charge >= 0.3 is 18.3 Å². The van der Waals surface area contributed by atoms with Crippen LogP contribution in [0.15, 0.2) is 35.8 Å². The third kappa shape index (κ3) is 5.43. The normalized spacial score (nSPS) is 12.3. The molecule has 0 atom stereocenters. The summed E-state index contributed by atoms with van der Waals surface area (Å²) < 4.78 is 78.6. The van der Waals surface area contributed by atoms with Gasteiger partial charge in [0.05, 0.1) is 17.5 Å². The lowest BCUT2D eigenvalue weighted by atomic mass is 10.0. The Labute approximate surface area is 176 Å². The van der Waals surface area contributed by atoms with E-state index in [0.29, 0.717) is 47.8 Å². The standard InChI is InChI=1S/C19H15F6N3O2S/c20-18(21,22)12-6-3-5-11(8-12)4-1-2-7-13-10-31-17(27-13)28-15(19(23,24)25)14(9-26-28)16(29)30/h3,5-6,8-10H,1-2,4,7H2,(H,29,30). The van der Waals surface area contributed by atoms with Crippen molar-refractivity contribution in [1.29, 1.82) is 0 Å². The quantitative estimate of drug-likeness (QED) is 0.364. The Hall–Kier alpha value is -2.89. The van der Waals surface area contributed by atoms with Crippen LogP contribution in [0.4, 0.5) is 26.3 Å². The molecule has 166 valence electrons. The molecule has 1 aromatic carbocycles. The molecule has 1 N–H and O–H groups in total. The van der Waals surface area contributed by atoms with E-state index >= 15 is 0 Å². The summed E-state index contributed by atoms with van der Waals surface area (Å²) in [6, 6.07) is 5.04. The number of carboxylic acid groups (broad SMARTS) is 1. The molecule has 0 saturated carbocycles. The number of unbranched alkanes of at least 4 members (excludes halogenated alkanes) is 1. The van der Waals surface area contributed by atoms with Crippen molar-refractivity contribution in [2.24, 2.45) is 0 Å². The van der Waals surface area contributed by atoms with E-state index < -0.39 is 35.1 Å². The summed E-state index contributed by atoms with van der Waals surface area (Å²) in [4.78, 5) is 15.1. The van der Waals surface area contributed by atoms with Crippen molar-refractivity contribution in [3.8, 4) is 5.13 Å². The van der Waals surface area contributed by atoms with E-state index in [1.807, 2.05) is 0 Å². The predicted octanol–water partition coefficient (Wildman–Crippen LogP) is 5.63. The van der Waals surface area contributed by atoms with E-state index in [1.54, 1.807) is 11.4 Å². The number of aromatic nitrogens is 3. The summed E-state index contributed by atoms with van der Waals surface area (Å²) in [6.45, 7) is 0. The Morgan fingerprint density at radius 1 is 1.06 bits per heavy atom. The largest absolute Gasteiger partial charge is 0.478 e. The van der Waals surface area contributed by atoms with Crippen LogP contribution < -0.4 is 0 Å². The van der Waals surface area contributed by atoms with Gasteiger partial charge in [0.2, 0.25) is 5.13 Å². The molecule has 0 fully saturated rings. The summed E-state index contributed by atoms with van der Waals surface area (Å²) in [5.74, 6) is -1.75. The van der Waals surface area contributed by atoms with Crippen LogP contribution in [0.25, 0.3) is 5.13 Å². The lowest BCUT2D eigenvalue weighted by molar-refractivity contribution is -0.143. The van der Waals surface area contributed by atoms with Crippen LogP contribution in [0.3, 0.4) is 0 Å². The number of hydrogen-bond donors (Lipinski definition) is 1. The van der Waals surface area contributed by atoms with Crippen molar-refractivity contribution in [1.82, 2.24) is 14.8 Å². The Bertz CT molecular complexity index is 1070. The molecule has 0 aliphatic carbocycles. The van der Waals surface area contributed by atoms with E-state index in [9.17, 15) is 31.1 Å². The molecule has 0 aliphatic heterocycles. The summed E-state index contributed by atoms with van der Waals surface area (Å²) in [5.41, 5.74) is -2.06. The molecule has 2 aromatic heterocycles. The van der Waals surface area contributed by atoms with E-state index in [-0.39, 0.29) is 5.13 Å². The molecular weight excluding hydrogens is 448 g/mol. The summed E-state index contributed by atoms with van der Waals surface area (Å²) >= 11 is 0.888. The molecule has 0 spiro atoms. The smallest absolute Gasteiger partial charge is 0.434 e. The maximum atomic E-state index is 13.3. The molecule has 0 amide bonds. The molecule has 0 unspecified atom stereocenters. The molecule has 0 aliphatic rings. The van der Waals surface area contributed by atoms with E-state index in [2.05, 4.69) is 10.1 Å². The third-order valence-electron chi connectivity index (χ3n) is 4.39. The van der Waals surface area contributed by atoms with Crippen LogP contribution in [-0.4, -0.2) is 25.8 Å². The number of alkyl halides is 6. The fraction of sp³-hybridized carbons (Fsp3) is 0.316. The van der Waals surface area contributed by atoms with Gasteiger partial charge in [-0.3, -0.25) is 0 Å². The van der Waals surface area contributed by atoms with Gasteiger partial charge in [-0.1, -0.05) is 18.2 Å². The second kappa shape index (κ2) is 8.69. The number of aryl methyl sites for hydroxylation is 2. The van der Waals surface area contributed by atoms with Gasteiger partial charge in [0, 0.05) is 5.38 Å². The van der Waals surface area contributed by atoms with Crippen molar-refractivity contribution in [2.45, 2.75) is 38.0 Å². The van der Waals surface area contributed by atoms with Gasteiger partial charge in [-0.05, 0) is 37.3 Å². The van der Waals surface area contributed by atoms with Crippen molar-refractivity contribution in [3.63, 3.8) is 0 Å². The zero-order chi connectivity index (χ0) is 22.8. The SMILES string of the molecule is O=C(O)c1cnn(-c2nc(CCCCc3cccc(C(F)(F)F)c3)cs2)c1C(F)(F)F. The van der Waals surface area contributed by atoms with E-state index in [0.717, 1.165) is 23.5 Å². The minimum atomic E-state index is -4.93. The number of thiazole rings is 1. The predicted molar refractivity (Wildman–Crippen MR) is 99.3 cm³/mol. The number of nitrogens with zero attached hydrogens (tertiary/aromatic N) is 3. The summed E-state index contributed by atoms with van der Waals surface area (Å²) in [5, 5.41) is 13.9. The molecular formula is C19H15F6N3O2S. The van der Waals surface area contributed by atoms with Gasteiger partial charge in [0.25, 0.3) is 0 Å². The highest BCUT2D eigenvalue weighted by molar-refractivity contribution is 7.12. The summed E-state index contributed by atoms with van der Waals surface area (Å²) in [7, 11) is 0. The minimum Gasteiger partial charge on any atom is -0.478 e. The van der Waals surface area contributed by atoms with Crippen molar-refractivity contribution in [3.05, 3.63) is 63.9 Å². The number of carbonyl (C=O) groups is 1. The first kappa shape index (κ1) is 22.8. The Kier molecular flexibility index (Phi) is 6.39. The highest BCUT2D eigenvalue weighted by Gasteiger charge is 2.41. The number of carboxylic acids is 1. The van der Waals surface area contributed by atoms with Crippen LogP contribution in [0.2, 0.25) is 0 Å². The number of benzene rings is 1. The number of rotatable bonds is 7. The number of aromatic carboxylic acids is 1. The zero-order valence-corrected chi connectivity index (χ0v) is 16.5. The number of halogens is 6. The summed E-state index contributed by atoms with van der Waals surface area (Å²) in [6.07, 6.45) is -6.76. The Morgan fingerprint density at radius 3 is 2.42 bits per heavy atom. The Balaban J connectivity index is 1.64. The van der Waals surface area contributed by atoms with Crippen molar-refractivity contribution < 1.29 is 36.2 Å². The van der Waals surface area contributed by atoms with Gasteiger partial charge in [-0.2, -0.15) is 31.4 Å². The van der Waals surface area contributed by atoms with Crippen LogP contribution in [0.1, 0.15) is 45.7 Å². The van der Waals surface area contributed by atoms with Crippen molar-refractivity contribution >= 4 is 17.3 Å². The van der Waals surface area contributed by atoms with Gasteiger partial charge in [0.1, 0.15) is 5.56 Å². The van der Waals surface area contributed by atoms with Crippen LogP contribution in [0.5, 0.6) is 0 Å². The van der Waals surface area contributed by atoms with Crippen LogP contribution >= 0.6 is 11.3 Å². The van der Waals surface area contributed by atoms with E-state index in [1.165, 1.54) is 6.07 Å². The van der Waals surface area contributed by atoms with Crippen LogP contribution in [-0.2, 0) is 25.2 Å². The molecule has 3 rings (SSSR count). The highest BCUT2D eigenvalue weighted by Crippen LogP contribution is 2.34. The lowest BCUT2D eigenvalue weighted by Crippen LogP contribution is -2.17. The third-order valence-corrected chi connectivity index (χ3v) is 5.26. The van der Waals surface area contributed by atoms with E-state index in [4.69, 9.17) is 5.11 Å².